The number of nitrogens with two attached hydrogens (primary N) is 1. The number of alkyl carbamates (subject to hydrolysis) is 1. The van der Waals surface area contributed by atoms with E-state index in [1.54, 1.807) is 39.8 Å². The van der Waals surface area contributed by atoms with Gasteiger partial charge >= 0.3 is 6.09 Å². The average molecular weight is 563 g/mol. The normalized spacial score (nSPS) is 13.2. The Hall–Kier alpha value is -3.30. The summed E-state index contributed by atoms with van der Waals surface area (Å²) in [6.45, 7) is 14.7. The van der Waals surface area contributed by atoms with Gasteiger partial charge in [-0.1, -0.05) is 38.7 Å². The third-order valence-corrected chi connectivity index (χ3v) is 6.05. The second-order valence-electron chi connectivity index (χ2n) is 12.3. The third kappa shape index (κ3) is 12.7. The van der Waals surface area contributed by atoms with Gasteiger partial charge in [-0.25, -0.2) is 4.79 Å². The first kappa shape index (κ1) is 34.7. The van der Waals surface area contributed by atoms with Crippen molar-refractivity contribution in [2.24, 2.45) is 5.73 Å². The molecule has 0 aliphatic heterocycles. The molecule has 0 aliphatic carbocycles. The molecule has 0 aromatic heterocycles. The fourth-order valence-electron chi connectivity index (χ4n) is 4.21. The zero-order valence-electron chi connectivity index (χ0n) is 25.6. The smallest absolute Gasteiger partial charge is 0.408 e. The Balaban J connectivity index is 3.58. The highest BCUT2D eigenvalue weighted by molar-refractivity contribution is 5.92. The Kier molecular flexibility index (Phi) is 13.4. The zero-order valence-corrected chi connectivity index (χ0v) is 25.6. The summed E-state index contributed by atoms with van der Waals surface area (Å²) in [5.41, 5.74) is 5.06. The molecule has 0 radical (unpaired) electrons. The van der Waals surface area contributed by atoms with E-state index in [0.717, 1.165) is 25.7 Å². The summed E-state index contributed by atoms with van der Waals surface area (Å²) in [6.07, 6.45) is 3.57. The molecule has 0 heterocycles. The van der Waals surface area contributed by atoms with Gasteiger partial charge in [-0.3, -0.25) is 14.4 Å². The number of ether oxygens (including phenoxy) is 1. The number of amides is 4. The van der Waals surface area contributed by atoms with Gasteiger partial charge in [0.05, 0.1) is 0 Å². The zero-order chi connectivity index (χ0) is 30.7. The molecule has 1 aromatic rings. The number of carbonyl (C=O) groups excluding carboxylic acids is 4. The van der Waals surface area contributed by atoms with Gasteiger partial charge in [-0.2, -0.15) is 0 Å². The van der Waals surface area contributed by atoms with Crippen LogP contribution in [0.15, 0.2) is 18.2 Å². The Bertz CT molecular complexity index is 1010. The minimum atomic E-state index is -1.15. The number of phenolic OH excluding ortho intramolecular Hbond substituents is 1. The van der Waals surface area contributed by atoms with Crippen molar-refractivity contribution in [3.8, 4) is 5.75 Å². The molecule has 0 bridgehead atoms. The molecular formula is C30H50N4O6. The van der Waals surface area contributed by atoms with E-state index < -0.39 is 47.0 Å². The standard InChI is InChI=1S/C30H50N4O6/c1-9-10-11-12-13-18-34(27(38)22(15-17-24(31)36)32-28(39)40-30(6,7)8)25(26(37)33-29(3,4)5)21-14-16-23(35)20(2)19-21/h14,16,19,22,25,35H,9-13,15,17-18H2,1-8H3,(H2,31,36)(H,32,39)(H,33,37). The molecule has 10 nitrogen and oxygen atoms in total. The largest absolute Gasteiger partial charge is 0.508 e. The van der Waals surface area contributed by atoms with Crippen molar-refractivity contribution in [3.63, 3.8) is 0 Å². The minimum Gasteiger partial charge on any atom is -0.508 e. The summed E-state index contributed by atoms with van der Waals surface area (Å²) in [5.74, 6) is -1.47. The highest BCUT2D eigenvalue weighted by Gasteiger charge is 2.37. The number of rotatable bonds is 14. The van der Waals surface area contributed by atoms with Crippen LogP contribution in [0.2, 0.25) is 0 Å². The van der Waals surface area contributed by atoms with Crippen LogP contribution in [0.25, 0.3) is 0 Å². The summed E-state index contributed by atoms with van der Waals surface area (Å²) in [5, 5.41) is 15.7. The number of benzene rings is 1. The van der Waals surface area contributed by atoms with E-state index in [4.69, 9.17) is 10.5 Å². The number of nitrogens with one attached hydrogen (secondary N) is 2. The van der Waals surface area contributed by atoms with Gasteiger partial charge in [0.2, 0.25) is 17.7 Å². The van der Waals surface area contributed by atoms with Crippen LogP contribution in [0.3, 0.4) is 0 Å². The minimum absolute atomic E-state index is 0.0536. The van der Waals surface area contributed by atoms with Crippen LogP contribution in [-0.2, 0) is 19.1 Å². The number of aromatic hydroxyl groups is 1. The molecule has 0 saturated carbocycles. The Morgan fingerprint density at radius 3 is 2.17 bits per heavy atom. The van der Waals surface area contributed by atoms with Crippen molar-refractivity contribution >= 4 is 23.8 Å². The Morgan fingerprint density at radius 1 is 1.02 bits per heavy atom. The Morgan fingerprint density at radius 2 is 1.65 bits per heavy atom. The van der Waals surface area contributed by atoms with Gasteiger partial charge in [0.1, 0.15) is 23.4 Å². The topological polar surface area (TPSA) is 151 Å². The van der Waals surface area contributed by atoms with E-state index in [-0.39, 0.29) is 25.1 Å². The SMILES string of the molecule is CCCCCCCN(C(=O)C(CCC(N)=O)NC(=O)OC(C)(C)C)C(C(=O)NC(C)(C)C)c1ccc(O)c(C)c1. The van der Waals surface area contributed by atoms with Crippen LogP contribution >= 0.6 is 0 Å². The number of unbranched alkanes of at least 4 members (excludes halogenated alkanes) is 4. The summed E-state index contributed by atoms with van der Waals surface area (Å²) in [6, 6.07) is 2.59. The van der Waals surface area contributed by atoms with Crippen molar-refractivity contribution in [1.29, 1.82) is 0 Å². The maximum absolute atomic E-state index is 14.2. The lowest BCUT2D eigenvalue weighted by Gasteiger charge is -2.36. The number of primary amides is 1. The molecule has 1 aromatic carbocycles. The van der Waals surface area contributed by atoms with Gasteiger partial charge in [-0.15, -0.1) is 0 Å². The molecule has 0 spiro atoms. The fourth-order valence-corrected chi connectivity index (χ4v) is 4.21. The van der Waals surface area contributed by atoms with Crippen molar-refractivity contribution in [1.82, 2.24) is 15.5 Å². The number of hydrogen-bond acceptors (Lipinski definition) is 6. The van der Waals surface area contributed by atoms with Gasteiger partial charge < -0.3 is 31.1 Å². The molecule has 0 saturated heterocycles. The van der Waals surface area contributed by atoms with Crippen molar-refractivity contribution in [3.05, 3.63) is 29.3 Å². The van der Waals surface area contributed by atoms with E-state index in [1.165, 1.54) is 11.0 Å². The van der Waals surface area contributed by atoms with E-state index in [1.807, 2.05) is 20.8 Å². The lowest BCUT2D eigenvalue weighted by molar-refractivity contribution is -0.143. The molecule has 1 rings (SSSR count). The maximum atomic E-state index is 14.2. The molecule has 226 valence electrons. The van der Waals surface area contributed by atoms with E-state index in [2.05, 4.69) is 17.6 Å². The van der Waals surface area contributed by atoms with Crippen molar-refractivity contribution < 1.29 is 29.0 Å². The lowest BCUT2D eigenvalue weighted by atomic mass is 9.97. The van der Waals surface area contributed by atoms with E-state index in [9.17, 15) is 24.3 Å². The average Bonchev–Trinajstić information content (AvgIpc) is 2.80. The predicted octanol–water partition coefficient (Wildman–Crippen LogP) is 4.61. The van der Waals surface area contributed by atoms with Gasteiger partial charge in [0.15, 0.2) is 0 Å². The van der Waals surface area contributed by atoms with Crippen molar-refractivity contribution in [2.75, 3.05) is 6.54 Å². The Labute approximate surface area is 239 Å². The van der Waals surface area contributed by atoms with Gasteiger partial charge in [0.25, 0.3) is 0 Å². The third-order valence-electron chi connectivity index (χ3n) is 6.05. The number of phenols is 1. The summed E-state index contributed by atoms with van der Waals surface area (Å²) >= 11 is 0. The van der Waals surface area contributed by atoms with Crippen LogP contribution in [-0.4, -0.2) is 57.5 Å². The second kappa shape index (κ2) is 15.5. The van der Waals surface area contributed by atoms with Crippen LogP contribution < -0.4 is 16.4 Å². The van der Waals surface area contributed by atoms with E-state index in [0.29, 0.717) is 17.5 Å². The predicted molar refractivity (Wildman–Crippen MR) is 156 cm³/mol. The van der Waals surface area contributed by atoms with Crippen LogP contribution in [0.4, 0.5) is 4.79 Å². The number of nitrogens with zero attached hydrogens (tertiary/aromatic N) is 1. The highest BCUT2D eigenvalue weighted by atomic mass is 16.6. The van der Waals surface area contributed by atoms with Gasteiger partial charge in [-0.05, 0) is 84.6 Å². The second-order valence-corrected chi connectivity index (χ2v) is 12.3. The van der Waals surface area contributed by atoms with Crippen LogP contribution in [0, 0.1) is 6.92 Å². The van der Waals surface area contributed by atoms with E-state index >= 15 is 0 Å². The highest BCUT2D eigenvalue weighted by Crippen LogP contribution is 2.28. The molecular weight excluding hydrogens is 512 g/mol. The van der Waals surface area contributed by atoms with Crippen molar-refractivity contribution in [2.45, 2.75) is 124 Å². The molecule has 10 heteroatoms. The van der Waals surface area contributed by atoms with Crippen LogP contribution in [0.5, 0.6) is 5.75 Å². The first-order chi connectivity index (χ1) is 18.4. The summed E-state index contributed by atoms with van der Waals surface area (Å²) in [7, 11) is 0. The number of carbonyl (C=O) groups is 4. The molecule has 0 aliphatic rings. The maximum Gasteiger partial charge on any atom is 0.408 e. The number of hydrogen-bond donors (Lipinski definition) is 4. The molecule has 40 heavy (non-hydrogen) atoms. The summed E-state index contributed by atoms with van der Waals surface area (Å²) < 4.78 is 5.37. The van der Waals surface area contributed by atoms with Crippen LogP contribution in [0.1, 0.15) is 111 Å². The fraction of sp³-hybridized carbons (Fsp3) is 0.667. The molecule has 4 amide bonds. The van der Waals surface area contributed by atoms with Gasteiger partial charge in [0, 0.05) is 18.5 Å². The lowest BCUT2D eigenvalue weighted by Crippen LogP contribution is -2.55. The molecule has 5 N–H and O–H groups in total. The summed E-state index contributed by atoms with van der Waals surface area (Å²) in [4.78, 5) is 53.8. The molecule has 0 fully saturated rings. The first-order valence-electron chi connectivity index (χ1n) is 14.1. The molecule has 2 unspecified atom stereocenters. The monoisotopic (exact) mass is 562 g/mol. The number of aryl methyl sites for hydroxylation is 1. The first-order valence-corrected chi connectivity index (χ1v) is 14.1. The quantitative estimate of drug-likeness (QED) is 0.243. The molecule has 2 atom stereocenters.